The van der Waals surface area contributed by atoms with Crippen LogP contribution in [-0.4, -0.2) is 48.1 Å². The molecule has 0 unspecified atom stereocenters. The van der Waals surface area contributed by atoms with Crippen molar-refractivity contribution in [2.24, 2.45) is 0 Å². The van der Waals surface area contributed by atoms with E-state index in [4.69, 9.17) is 9.47 Å². The van der Waals surface area contributed by atoms with Gasteiger partial charge >= 0.3 is 0 Å². The Morgan fingerprint density at radius 2 is 2.00 bits per heavy atom. The summed E-state index contributed by atoms with van der Waals surface area (Å²) < 4.78 is 10.3. The summed E-state index contributed by atoms with van der Waals surface area (Å²) in [5.41, 5.74) is 1.22. The molecule has 7 heteroatoms. The highest BCUT2D eigenvalue weighted by Crippen LogP contribution is 2.14. The topological polar surface area (TPSA) is 84.5 Å². The van der Waals surface area contributed by atoms with Gasteiger partial charge in [0.05, 0.1) is 31.2 Å². The number of fused-ring (bicyclic) bond motifs is 1. The van der Waals surface area contributed by atoms with Crippen LogP contribution in [0.3, 0.4) is 0 Å². The summed E-state index contributed by atoms with van der Waals surface area (Å²) in [7, 11) is 3.17. The van der Waals surface area contributed by atoms with Crippen molar-refractivity contribution in [3.8, 4) is 5.75 Å². The Labute approximate surface area is 168 Å². The van der Waals surface area contributed by atoms with Crippen LogP contribution < -0.4 is 10.3 Å². The van der Waals surface area contributed by atoms with E-state index in [-0.39, 0.29) is 18.0 Å². The van der Waals surface area contributed by atoms with E-state index in [0.29, 0.717) is 35.6 Å². The standard InChI is InChI=1S/C22H23N3O4/c1-28-13-12-25(21(26)11-10-16-6-5-7-17(14-16)29-2)15-20-23-19-9-4-3-8-18(19)22(27)24-20/h3-11,14H,12-13,15H2,1-2H3,(H,23,24,27)/b11-10+. The molecule has 0 aliphatic rings. The molecule has 0 spiro atoms. The lowest BCUT2D eigenvalue weighted by Crippen LogP contribution is -2.33. The van der Waals surface area contributed by atoms with Gasteiger partial charge in [0.25, 0.3) is 5.56 Å². The third-order valence-corrected chi connectivity index (χ3v) is 4.39. The molecule has 29 heavy (non-hydrogen) atoms. The van der Waals surface area contributed by atoms with Gasteiger partial charge in [-0.3, -0.25) is 9.59 Å². The number of hydrogen-bond acceptors (Lipinski definition) is 5. The molecule has 150 valence electrons. The van der Waals surface area contributed by atoms with Crippen molar-refractivity contribution in [3.63, 3.8) is 0 Å². The van der Waals surface area contributed by atoms with Crippen LogP contribution in [0.4, 0.5) is 0 Å². The zero-order valence-electron chi connectivity index (χ0n) is 16.4. The van der Waals surface area contributed by atoms with E-state index in [0.717, 1.165) is 5.56 Å². The lowest BCUT2D eigenvalue weighted by Gasteiger charge is -2.20. The van der Waals surface area contributed by atoms with Gasteiger partial charge in [0, 0.05) is 19.7 Å². The van der Waals surface area contributed by atoms with Crippen LogP contribution in [0.1, 0.15) is 11.4 Å². The fourth-order valence-electron chi connectivity index (χ4n) is 2.88. The van der Waals surface area contributed by atoms with Gasteiger partial charge in [-0.15, -0.1) is 0 Å². The zero-order valence-corrected chi connectivity index (χ0v) is 16.4. The lowest BCUT2D eigenvalue weighted by molar-refractivity contribution is -0.127. The van der Waals surface area contributed by atoms with E-state index >= 15 is 0 Å². The number of aromatic amines is 1. The van der Waals surface area contributed by atoms with Crippen molar-refractivity contribution in [2.45, 2.75) is 6.54 Å². The molecule has 0 radical (unpaired) electrons. The maximum Gasteiger partial charge on any atom is 0.258 e. The van der Waals surface area contributed by atoms with E-state index in [1.807, 2.05) is 30.3 Å². The summed E-state index contributed by atoms with van der Waals surface area (Å²) in [6.45, 7) is 0.912. The predicted molar refractivity (Wildman–Crippen MR) is 112 cm³/mol. The van der Waals surface area contributed by atoms with E-state index in [2.05, 4.69) is 9.97 Å². The molecule has 1 aromatic heterocycles. The molecule has 0 bridgehead atoms. The molecular formula is C22H23N3O4. The van der Waals surface area contributed by atoms with Crippen LogP contribution in [0, 0.1) is 0 Å². The molecule has 1 heterocycles. The van der Waals surface area contributed by atoms with Crippen LogP contribution in [-0.2, 0) is 16.1 Å². The van der Waals surface area contributed by atoms with E-state index in [1.165, 1.54) is 6.08 Å². The van der Waals surface area contributed by atoms with Crippen LogP contribution in [0.2, 0.25) is 0 Å². The summed E-state index contributed by atoms with van der Waals surface area (Å²) in [5, 5.41) is 0.518. The van der Waals surface area contributed by atoms with Gasteiger partial charge in [-0.2, -0.15) is 0 Å². The summed E-state index contributed by atoms with van der Waals surface area (Å²) in [6.07, 6.45) is 3.21. The highest BCUT2D eigenvalue weighted by atomic mass is 16.5. The number of nitrogens with zero attached hydrogens (tertiary/aromatic N) is 2. The minimum atomic E-state index is -0.225. The Balaban J connectivity index is 1.80. The number of methoxy groups -OCH3 is 2. The van der Waals surface area contributed by atoms with E-state index in [9.17, 15) is 9.59 Å². The molecule has 2 aromatic carbocycles. The van der Waals surface area contributed by atoms with Crippen molar-refractivity contribution in [3.05, 3.63) is 76.3 Å². The Hall–Kier alpha value is -3.45. The number of carbonyl (C=O) groups is 1. The first-order chi connectivity index (χ1) is 14.1. The predicted octanol–water partition coefficient (Wildman–Crippen LogP) is 2.62. The van der Waals surface area contributed by atoms with Crippen LogP contribution >= 0.6 is 0 Å². The van der Waals surface area contributed by atoms with Gasteiger partial charge in [-0.25, -0.2) is 4.98 Å². The maximum absolute atomic E-state index is 12.8. The Morgan fingerprint density at radius 3 is 2.79 bits per heavy atom. The summed E-state index contributed by atoms with van der Waals surface area (Å²) in [5.74, 6) is 0.933. The van der Waals surface area contributed by atoms with E-state index < -0.39 is 0 Å². The SMILES string of the molecule is COCCN(Cc1nc2ccccc2c(=O)[nH]1)C(=O)/C=C/c1cccc(OC)c1. The molecule has 0 atom stereocenters. The second kappa shape index (κ2) is 9.66. The van der Waals surface area contributed by atoms with Crippen molar-refractivity contribution < 1.29 is 14.3 Å². The second-order valence-electron chi connectivity index (χ2n) is 6.39. The van der Waals surface area contributed by atoms with Gasteiger partial charge in [-0.1, -0.05) is 24.3 Å². The number of amides is 1. The fraction of sp³-hybridized carbons (Fsp3) is 0.227. The highest BCUT2D eigenvalue weighted by Gasteiger charge is 2.14. The molecule has 1 amide bonds. The first-order valence-corrected chi connectivity index (χ1v) is 9.18. The Morgan fingerprint density at radius 1 is 1.17 bits per heavy atom. The number of hydrogen-bond donors (Lipinski definition) is 1. The normalized spacial score (nSPS) is 11.1. The smallest absolute Gasteiger partial charge is 0.258 e. The number of aromatic nitrogens is 2. The van der Waals surface area contributed by atoms with Gasteiger partial charge in [0.2, 0.25) is 5.91 Å². The maximum atomic E-state index is 12.8. The molecule has 7 nitrogen and oxygen atoms in total. The molecule has 0 saturated carbocycles. The molecule has 0 aliphatic heterocycles. The molecule has 0 aliphatic carbocycles. The minimum absolute atomic E-state index is 0.171. The van der Waals surface area contributed by atoms with Crippen molar-refractivity contribution in [1.82, 2.24) is 14.9 Å². The Kier molecular flexibility index (Phi) is 6.76. The number of benzene rings is 2. The average molecular weight is 393 g/mol. The monoisotopic (exact) mass is 393 g/mol. The highest BCUT2D eigenvalue weighted by molar-refractivity contribution is 5.91. The number of para-hydroxylation sites is 1. The fourth-order valence-corrected chi connectivity index (χ4v) is 2.88. The third-order valence-electron chi connectivity index (χ3n) is 4.39. The third kappa shape index (κ3) is 5.30. The molecule has 3 rings (SSSR count). The average Bonchev–Trinajstić information content (AvgIpc) is 2.75. The Bertz CT molecular complexity index is 1070. The van der Waals surface area contributed by atoms with Crippen molar-refractivity contribution >= 4 is 22.9 Å². The summed E-state index contributed by atoms with van der Waals surface area (Å²) in [6, 6.07) is 14.5. The molecule has 0 fully saturated rings. The zero-order chi connectivity index (χ0) is 20.6. The van der Waals surface area contributed by atoms with Gasteiger partial charge in [0.1, 0.15) is 11.6 Å². The van der Waals surface area contributed by atoms with Crippen molar-refractivity contribution in [1.29, 1.82) is 0 Å². The summed E-state index contributed by atoms with van der Waals surface area (Å²) in [4.78, 5) is 33.9. The number of carbonyl (C=O) groups excluding carboxylic acids is 1. The van der Waals surface area contributed by atoms with Crippen LogP contribution in [0.5, 0.6) is 5.75 Å². The summed E-state index contributed by atoms with van der Waals surface area (Å²) >= 11 is 0. The van der Waals surface area contributed by atoms with Crippen LogP contribution in [0.15, 0.2) is 59.4 Å². The molecular weight excluding hydrogens is 370 g/mol. The van der Waals surface area contributed by atoms with Crippen molar-refractivity contribution in [2.75, 3.05) is 27.4 Å². The lowest BCUT2D eigenvalue weighted by atomic mass is 10.2. The second-order valence-corrected chi connectivity index (χ2v) is 6.39. The molecule has 3 aromatic rings. The largest absolute Gasteiger partial charge is 0.497 e. The first kappa shape index (κ1) is 20.3. The number of H-pyrrole nitrogens is 1. The van der Waals surface area contributed by atoms with E-state index in [1.54, 1.807) is 43.4 Å². The number of nitrogens with one attached hydrogen (secondary N) is 1. The van der Waals surface area contributed by atoms with Crippen LogP contribution in [0.25, 0.3) is 17.0 Å². The minimum Gasteiger partial charge on any atom is -0.497 e. The van der Waals surface area contributed by atoms with Gasteiger partial charge in [0.15, 0.2) is 0 Å². The molecule has 0 saturated heterocycles. The molecule has 1 N–H and O–H groups in total. The van der Waals surface area contributed by atoms with Gasteiger partial charge < -0.3 is 19.4 Å². The first-order valence-electron chi connectivity index (χ1n) is 9.18. The quantitative estimate of drug-likeness (QED) is 0.595. The van der Waals surface area contributed by atoms with Gasteiger partial charge in [-0.05, 0) is 35.9 Å². The number of ether oxygens (including phenoxy) is 2. The number of rotatable bonds is 8.